The highest BCUT2D eigenvalue weighted by atomic mass is 16.5. The maximum atomic E-state index is 10.5. The third kappa shape index (κ3) is 10.4. The van der Waals surface area contributed by atoms with Gasteiger partial charge in [0.1, 0.15) is 0 Å². The Kier molecular flexibility index (Phi) is 7.54. The van der Waals surface area contributed by atoms with E-state index in [1.165, 1.54) is 0 Å². The second kappa shape index (κ2) is 7.04. The van der Waals surface area contributed by atoms with Crippen molar-refractivity contribution in [3.63, 3.8) is 0 Å². The molecule has 0 fully saturated rings. The van der Waals surface area contributed by atoms with Gasteiger partial charge in [-0.3, -0.25) is 9.59 Å². The molecule has 0 saturated heterocycles. The Morgan fingerprint density at radius 2 is 1.54 bits per heavy atom. The highest BCUT2D eigenvalue weighted by Gasteiger charge is 2.07. The number of rotatable bonds is 5. The minimum Gasteiger partial charge on any atom is -0.481 e. The molecular weight excluding hydrogens is 182 g/mol. The number of carboxylic acids is 2. The molecule has 0 aliphatic carbocycles. The SMILES string of the molecule is N.O=C(O)CCC(=O)OCC(=O)O. The summed E-state index contributed by atoms with van der Waals surface area (Å²) in [5.74, 6) is -3.21. The van der Waals surface area contributed by atoms with E-state index in [0.717, 1.165) is 0 Å². The molecule has 0 aromatic rings. The Labute approximate surface area is 73.9 Å². The zero-order chi connectivity index (χ0) is 9.56. The van der Waals surface area contributed by atoms with Crippen LogP contribution in [0.25, 0.3) is 0 Å². The summed E-state index contributed by atoms with van der Waals surface area (Å²) >= 11 is 0. The van der Waals surface area contributed by atoms with E-state index in [0.29, 0.717) is 0 Å². The van der Waals surface area contributed by atoms with Crippen molar-refractivity contribution in [3.05, 3.63) is 0 Å². The van der Waals surface area contributed by atoms with Crippen molar-refractivity contribution in [1.82, 2.24) is 6.15 Å². The third-order valence-corrected chi connectivity index (χ3v) is 0.900. The monoisotopic (exact) mass is 193 g/mol. The highest BCUT2D eigenvalue weighted by molar-refractivity contribution is 5.78. The number of carbonyl (C=O) groups excluding carboxylic acids is 1. The molecule has 76 valence electrons. The molecular formula is C6H11NO6. The lowest BCUT2D eigenvalue weighted by atomic mass is 10.3. The standard InChI is InChI=1S/C6H8O6.H3N/c7-4(8)1-2-6(11)12-3-5(9)10;/h1-3H2,(H,7,8)(H,9,10);1H3. The summed E-state index contributed by atoms with van der Waals surface area (Å²) in [6.07, 6.45) is -0.652. The van der Waals surface area contributed by atoms with Crippen molar-refractivity contribution in [2.45, 2.75) is 12.8 Å². The Hall–Kier alpha value is -1.63. The topological polar surface area (TPSA) is 136 Å². The lowest BCUT2D eigenvalue weighted by Gasteiger charge is -1.98. The van der Waals surface area contributed by atoms with Crippen LogP contribution in [0.4, 0.5) is 0 Å². The van der Waals surface area contributed by atoms with E-state index < -0.39 is 24.5 Å². The second-order valence-corrected chi connectivity index (χ2v) is 1.95. The number of aliphatic carboxylic acids is 2. The fourth-order valence-corrected chi connectivity index (χ4v) is 0.423. The van der Waals surface area contributed by atoms with Crippen LogP contribution in [0.15, 0.2) is 0 Å². The summed E-state index contributed by atoms with van der Waals surface area (Å²) in [6.45, 7) is -0.724. The first-order valence-corrected chi connectivity index (χ1v) is 3.11. The van der Waals surface area contributed by atoms with Gasteiger partial charge in [0, 0.05) is 0 Å². The molecule has 0 aliphatic rings. The van der Waals surface area contributed by atoms with Crippen LogP contribution in [0.5, 0.6) is 0 Å². The Balaban J connectivity index is 0. The molecule has 0 aromatic heterocycles. The molecule has 0 amide bonds. The van der Waals surface area contributed by atoms with Crippen molar-refractivity contribution in [3.8, 4) is 0 Å². The van der Waals surface area contributed by atoms with Gasteiger partial charge in [0.2, 0.25) is 0 Å². The number of hydrogen-bond acceptors (Lipinski definition) is 5. The van der Waals surface area contributed by atoms with Crippen molar-refractivity contribution in [2.75, 3.05) is 6.61 Å². The van der Waals surface area contributed by atoms with E-state index in [1.54, 1.807) is 0 Å². The van der Waals surface area contributed by atoms with E-state index in [1.807, 2.05) is 0 Å². The van der Waals surface area contributed by atoms with Gasteiger partial charge >= 0.3 is 17.9 Å². The lowest BCUT2D eigenvalue weighted by molar-refractivity contribution is -0.156. The van der Waals surface area contributed by atoms with Gasteiger partial charge in [0.05, 0.1) is 12.8 Å². The first kappa shape index (κ1) is 13.9. The number of carbonyl (C=O) groups is 3. The van der Waals surface area contributed by atoms with Crippen LogP contribution in [0.3, 0.4) is 0 Å². The summed E-state index contributed by atoms with van der Waals surface area (Å²) in [7, 11) is 0. The van der Waals surface area contributed by atoms with Gasteiger partial charge in [-0.2, -0.15) is 0 Å². The number of esters is 1. The molecule has 0 rings (SSSR count). The van der Waals surface area contributed by atoms with Crippen LogP contribution in [-0.2, 0) is 19.1 Å². The van der Waals surface area contributed by atoms with E-state index in [9.17, 15) is 14.4 Å². The van der Waals surface area contributed by atoms with Gasteiger partial charge in [0.25, 0.3) is 0 Å². The molecule has 13 heavy (non-hydrogen) atoms. The maximum absolute atomic E-state index is 10.5. The molecule has 7 nitrogen and oxygen atoms in total. The zero-order valence-corrected chi connectivity index (χ0v) is 6.86. The van der Waals surface area contributed by atoms with Gasteiger partial charge in [-0.1, -0.05) is 0 Å². The Bertz CT molecular complexity index is 181. The second-order valence-electron chi connectivity index (χ2n) is 1.95. The van der Waals surface area contributed by atoms with E-state index in [4.69, 9.17) is 10.2 Å². The van der Waals surface area contributed by atoms with Gasteiger partial charge < -0.3 is 21.1 Å². The average molecular weight is 193 g/mol. The normalized spacial score (nSPS) is 8.31. The third-order valence-electron chi connectivity index (χ3n) is 0.900. The fourth-order valence-electron chi connectivity index (χ4n) is 0.423. The Morgan fingerprint density at radius 1 is 1.00 bits per heavy atom. The molecule has 0 unspecified atom stereocenters. The average Bonchev–Trinajstić information content (AvgIpc) is 1.96. The molecule has 0 aromatic carbocycles. The fraction of sp³-hybridized carbons (Fsp3) is 0.500. The van der Waals surface area contributed by atoms with Gasteiger partial charge in [-0.05, 0) is 0 Å². The first-order chi connectivity index (χ1) is 5.52. The van der Waals surface area contributed by atoms with Crippen LogP contribution in [-0.4, -0.2) is 34.7 Å². The molecule has 0 saturated carbocycles. The summed E-state index contributed by atoms with van der Waals surface area (Å²) < 4.78 is 4.15. The zero-order valence-electron chi connectivity index (χ0n) is 6.86. The number of carboxylic acid groups (broad SMARTS) is 2. The van der Waals surface area contributed by atoms with Crippen molar-refractivity contribution in [1.29, 1.82) is 0 Å². The van der Waals surface area contributed by atoms with Crippen molar-refractivity contribution < 1.29 is 29.3 Å². The summed E-state index contributed by atoms with van der Waals surface area (Å²) in [4.78, 5) is 30.3. The van der Waals surface area contributed by atoms with Crippen LogP contribution < -0.4 is 6.15 Å². The summed E-state index contributed by atoms with van der Waals surface area (Å²) in [5, 5.41) is 16.2. The largest absolute Gasteiger partial charge is 0.481 e. The van der Waals surface area contributed by atoms with Crippen LogP contribution in [0, 0.1) is 0 Å². The molecule has 0 radical (unpaired) electrons. The van der Waals surface area contributed by atoms with E-state index in [2.05, 4.69) is 4.74 Å². The molecule has 0 heterocycles. The van der Waals surface area contributed by atoms with Crippen LogP contribution >= 0.6 is 0 Å². The first-order valence-electron chi connectivity index (χ1n) is 3.11. The molecule has 5 N–H and O–H groups in total. The lowest BCUT2D eigenvalue weighted by Crippen LogP contribution is -2.13. The smallest absolute Gasteiger partial charge is 0.341 e. The van der Waals surface area contributed by atoms with Gasteiger partial charge in [-0.25, -0.2) is 4.79 Å². The molecule has 0 aliphatic heterocycles. The van der Waals surface area contributed by atoms with Crippen molar-refractivity contribution >= 4 is 17.9 Å². The predicted octanol–water partition coefficient (Wildman–Crippen LogP) is -0.359. The Morgan fingerprint density at radius 3 is 1.92 bits per heavy atom. The quantitative estimate of drug-likeness (QED) is 0.507. The van der Waals surface area contributed by atoms with Crippen LogP contribution in [0.1, 0.15) is 12.8 Å². The summed E-state index contributed by atoms with van der Waals surface area (Å²) in [6, 6.07) is 0. The molecule has 0 spiro atoms. The van der Waals surface area contributed by atoms with E-state index in [-0.39, 0.29) is 19.0 Å². The van der Waals surface area contributed by atoms with Gasteiger partial charge in [0.15, 0.2) is 6.61 Å². The van der Waals surface area contributed by atoms with Crippen LogP contribution in [0.2, 0.25) is 0 Å². The number of ether oxygens (including phenoxy) is 1. The highest BCUT2D eigenvalue weighted by Crippen LogP contribution is 1.92. The van der Waals surface area contributed by atoms with E-state index >= 15 is 0 Å². The maximum Gasteiger partial charge on any atom is 0.341 e. The minimum absolute atomic E-state index is 0. The number of hydrogen-bond donors (Lipinski definition) is 3. The summed E-state index contributed by atoms with van der Waals surface area (Å²) in [5.41, 5.74) is 0. The predicted molar refractivity (Wildman–Crippen MR) is 40.5 cm³/mol. The molecule has 0 bridgehead atoms. The molecule has 0 atom stereocenters. The minimum atomic E-state index is -1.27. The van der Waals surface area contributed by atoms with Gasteiger partial charge in [-0.15, -0.1) is 0 Å². The van der Waals surface area contributed by atoms with Crippen molar-refractivity contribution in [2.24, 2.45) is 0 Å². The molecule has 7 heteroatoms.